The van der Waals surface area contributed by atoms with Crippen molar-refractivity contribution in [2.75, 3.05) is 19.8 Å². The van der Waals surface area contributed by atoms with Gasteiger partial charge in [-0.25, -0.2) is 4.79 Å². The summed E-state index contributed by atoms with van der Waals surface area (Å²) in [6, 6.07) is 9.39. The predicted octanol–water partition coefficient (Wildman–Crippen LogP) is 3.08. The molecule has 36 heavy (non-hydrogen) atoms. The van der Waals surface area contributed by atoms with E-state index in [0.717, 1.165) is 5.56 Å². The van der Waals surface area contributed by atoms with Gasteiger partial charge in [-0.1, -0.05) is 30.3 Å². The molecule has 6 atom stereocenters. The van der Waals surface area contributed by atoms with Gasteiger partial charge in [-0.05, 0) is 48.0 Å². The SMILES string of the molecule is CC(C)(C)OC(=O)NCCCO[C@@H]1OC2COC(c3ccccc3)O[C@@H]2[C@@H](OC(=O)C(C)(C)C)C1O. The summed E-state index contributed by atoms with van der Waals surface area (Å²) in [7, 11) is 0. The van der Waals surface area contributed by atoms with Crippen molar-refractivity contribution in [3.8, 4) is 0 Å². The Morgan fingerprint density at radius 1 is 1.08 bits per heavy atom. The van der Waals surface area contributed by atoms with Crippen LogP contribution in [0.2, 0.25) is 0 Å². The van der Waals surface area contributed by atoms with Gasteiger partial charge in [0.2, 0.25) is 0 Å². The van der Waals surface area contributed by atoms with Crippen LogP contribution in [0.3, 0.4) is 0 Å². The van der Waals surface area contributed by atoms with E-state index in [0.29, 0.717) is 13.0 Å². The molecule has 202 valence electrons. The number of hydrogen-bond acceptors (Lipinski definition) is 9. The fourth-order valence-electron chi connectivity index (χ4n) is 3.69. The molecule has 10 nitrogen and oxygen atoms in total. The third kappa shape index (κ3) is 7.88. The molecule has 0 saturated carbocycles. The normalized spacial score (nSPS) is 28.6. The van der Waals surface area contributed by atoms with Gasteiger partial charge >= 0.3 is 12.1 Å². The van der Waals surface area contributed by atoms with Crippen molar-refractivity contribution in [1.29, 1.82) is 0 Å². The Balaban J connectivity index is 1.61. The maximum absolute atomic E-state index is 12.7. The number of ether oxygens (including phenoxy) is 6. The zero-order valence-corrected chi connectivity index (χ0v) is 21.9. The molecular formula is C26H39NO9. The lowest BCUT2D eigenvalue weighted by molar-refractivity contribution is -0.362. The molecule has 1 aromatic rings. The third-order valence-corrected chi connectivity index (χ3v) is 5.51. The second kappa shape index (κ2) is 11.9. The van der Waals surface area contributed by atoms with Gasteiger partial charge in [0.15, 0.2) is 18.7 Å². The summed E-state index contributed by atoms with van der Waals surface area (Å²) < 4.78 is 34.7. The molecule has 2 heterocycles. The Morgan fingerprint density at radius 3 is 2.42 bits per heavy atom. The summed E-state index contributed by atoms with van der Waals surface area (Å²) in [5.41, 5.74) is -0.552. The molecule has 2 saturated heterocycles. The van der Waals surface area contributed by atoms with Crippen LogP contribution in [-0.2, 0) is 33.2 Å². The minimum atomic E-state index is -1.29. The highest BCUT2D eigenvalue weighted by Gasteiger charge is 2.52. The molecule has 0 radical (unpaired) electrons. The molecule has 2 N–H and O–H groups in total. The molecule has 2 aliphatic heterocycles. The summed E-state index contributed by atoms with van der Waals surface area (Å²) in [4.78, 5) is 24.5. The van der Waals surface area contributed by atoms with Gasteiger partial charge in [0.1, 0.15) is 23.9 Å². The molecule has 0 spiro atoms. The average molecular weight is 510 g/mol. The van der Waals surface area contributed by atoms with Crippen molar-refractivity contribution in [2.24, 2.45) is 5.41 Å². The number of benzene rings is 1. The number of aliphatic hydroxyl groups is 1. The number of aliphatic hydroxyl groups excluding tert-OH is 1. The molecule has 3 unspecified atom stereocenters. The number of carbonyl (C=O) groups is 2. The van der Waals surface area contributed by atoms with Crippen molar-refractivity contribution in [2.45, 2.75) is 90.6 Å². The van der Waals surface area contributed by atoms with E-state index in [9.17, 15) is 14.7 Å². The lowest BCUT2D eigenvalue weighted by Crippen LogP contribution is -2.63. The standard InChI is InChI=1S/C26H39NO9/c1-25(2,3)23(29)35-20-18(28)22(31-14-10-13-27-24(30)36-26(4,5)6)33-17-15-32-21(34-19(17)20)16-11-8-7-9-12-16/h7-9,11-12,17-22,28H,10,13-15H2,1-6H3,(H,27,30)/t17?,18?,19-,20-,21?,22+/m0/s1. The van der Waals surface area contributed by atoms with Crippen LogP contribution in [-0.4, -0.2) is 73.2 Å². The lowest BCUT2D eigenvalue weighted by Gasteiger charge is -2.47. The average Bonchev–Trinajstić information content (AvgIpc) is 2.79. The summed E-state index contributed by atoms with van der Waals surface area (Å²) in [6.45, 7) is 11.2. The maximum Gasteiger partial charge on any atom is 0.407 e. The second-order valence-corrected chi connectivity index (χ2v) is 11.0. The van der Waals surface area contributed by atoms with E-state index in [2.05, 4.69) is 5.32 Å². The fraction of sp³-hybridized carbons (Fsp3) is 0.692. The van der Waals surface area contributed by atoms with Crippen molar-refractivity contribution in [3.63, 3.8) is 0 Å². The van der Waals surface area contributed by atoms with Crippen molar-refractivity contribution in [1.82, 2.24) is 5.32 Å². The Kier molecular flexibility index (Phi) is 9.34. The van der Waals surface area contributed by atoms with E-state index in [4.69, 9.17) is 28.4 Å². The minimum absolute atomic E-state index is 0.167. The van der Waals surface area contributed by atoms with Crippen LogP contribution in [0.15, 0.2) is 30.3 Å². The number of amides is 1. The first-order valence-corrected chi connectivity index (χ1v) is 12.3. The Morgan fingerprint density at radius 2 is 1.78 bits per heavy atom. The highest BCUT2D eigenvalue weighted by molar-refractivity contribution is 5.75. The Labute approximate surface area is 212 Å². The van der Waals surface area contributed by atoms with Gasteiger partial charge in [-0.2, -0.15) is 0 Å². The number of carbonyl (C=O) groups excluding carboxylic acids is 2. The monoisotopic (exact) mass is 509 g/mol. The molecule has 1 aromatic carbocycles. The second-order valence-electron chi connectivity index (χ2n) is 11.0. The minimum Gasteiger partial charge on any atom is -0.456 e. The van der Waals surface area contributed by atoms with E-state index in [1.165, 1.54) is 0 Å². The highest BCUT2D eigenvalue weighted by Crippen LogP contribution is 2.36. The van der Waals surface area contributed by atoms with Crippen molar-refractivity contribution in [3.05, 3.63) is 35.9 Å². The first-order chi connectivity index (χ1) is 16.8. The lowest BCUT2D eigenvalue weighted by atomic mass is 9.94. The zero-order valence-electron chi connectivity index (χ0n) is 21.9. The van der Waals surface area contributed by atoms with Crippen LogP contribution in [0.1, 0.15) is 59.8 Å². The molecule has 0 bridgehead atoms. The topological polar surface area (TPSA) is 122 Å². The molecule has 3 rings (SSSR count). The molecule has 2 fully saturated rings. The van der Waals surface area contributed by atoms with Crippen LogP contribution in [0.25, 0.3) is 0 Å². The molecule has 1 amide bonds. The first kappa shape index (κ1) is 28.3. The van der Waals surface area contributed by atoms with E-state index in [-0.39, 0.29) is 13.2 Å². The van der Waals surface area contributed by atoms with Crippen molar-refractivity contribution < 1.29 is 43.1 Å². The van der Waals surface area contributed by atoms with Crippen LogP contribution < -0.4 is 5.32 Å². The Hall–Kier alpha value is -2.24. The van der Waals surface area contributed by atoms with Gasteiger partial charge in [-0.3, -0.25) is 4.79 Å². The Bertz CT molecular complexity index is 864. The predicted molar refractivity (Wildman–Crippen MR) is 129 cm³/mol. The van der Waals surface area contributed by atoms with Crippen molar-refractivity contribution >= 4 is 12.1 Å². The van der Waals surface area contributed by atoms with Gasteiger partial charge in [-0.15, -0.1) is 0 Å². The van der Waals surface area contributed by atoms with Gasteiger partial charge < -0.3 is 38.8 Å². The number of fused-ring (bicyclic) bond motifs is 1. The highest BCUT2D eigenvalue weighted by atomic mass is 16.8. The van der Waals surface area contributed by atoms with Crippen LogP contribution in [0, 0.1) is 5.41 Å². The summed E-state index contributed by atoms with van der Waals surface area (Å²) in [5, 5.41) is 13.7. The smallest absolute Gasteiger partial charge is 0.407 e. The van der Waals surface area contributed by atoms with E-state index < -0.39 is 60.1 Å². The van der Waals surface area contributed by atoms with E-state index >= 15 is 0 Å². The number of hydrogen-bond donors (Lipinski definition) is 2. The van der Waals surface area contributed by atoms with E-state index in [1.54, 1.807) is 41.5 Å². The van der Waals surface area contributed by atoms with Gasteiger partial charge in [0, 0.05) is 12.1 Å². The largest absolute Gasteiger partial charge is 0.456 e. The van der Waals surface area contributed by atoms with Gasteiger partial charge in [0.25, 0.3) is 0 Å². The number of rotatable bonds is 7. The zero-order chi connectivity index (χ0) is 26.5. The van der Waals surface area contributed by atoms with E-state index in [1.807, 2.05) is 30.3 Å². The molecule has 10 heteroatoms. The first-order valence-electron chi connectivity index (χ1n) is 12.3. The molecule has 0 aliphatic carbocycles. The summed E-state index contributed by atoms with van der Waals surface area (Å²) in [5.74, 6) is -0.473. The fourth-order valence-corrected chi connectivity index (χ4v) is 3.69. The summed E-state index contributed by atoms with van der Waals surface area (Å²) >= 11 is 0. The van der Waals surface area contributed by atoms with Crippen LogP contribution in [0.4, 0.5) is 4.79 Å². The van der Waals surface area contributed by atoms with Crippen LogP contribution in [0.5, 0.6) is 0 Å². The molecule has 2 aliphatic rings. The van der Waals surface area contributed by atoms with Crippen LogP contribution >= 0.6 is 0 Å². The quantitative estimate of drug-likeness (QED) is 0.422. The van der Waals surface area contributed by atoms with Gasteiger partial charge in [0.05, 0.1) is 18.6 Å². The summed E-state index contributed by atoms with van der Waals surface area (Å²) in [6.07, 6.45) is -5.48. The molecular weight excluding hydrogens is 470 g/mol. The number of esters is 1. The molecule has 0 aromatic heterocycles. The number of nitrogens with one attached hydrogen (secondary N) is 1. The third-order valence-electron chi connectivity index (χ3n) is 5.51. The number of alkyl carbamates (subject to hydrolysis) is 1. The maximum atomic E-state index is 12.7.